The maximum atomic E-state index is 12.8. The van der Waals surface area contributed by atoms with Gasteiger partial charge in [-0.25, -0.2) is 4.98 Å². The van der Waals surface area contributed by atoms with Gasteiger partial charge in [-0.15, -0.1) is 0 Å². The first-order chi connectivity index (χ1) is 10.9. The number of fused-ring (bicyclic) bond motifs is 1. The Bertz CT molecular complexity index is 796. The summed E-state index contributed by atoms with van der Waals surface area (Å²) in [6.07, 6.45) is 1.33. The van der Waals surface area contributed by atoms with Crippen LogP contribution in [0.2, 0.25) is 0 Å². The molecule has 1 amide bonds. The first kappa shape index (κ1) is 15.5. The Morgan fingerprint density at radius 1 is 1.30 bits per heavy atom. The molecule has 7 heteroatoms. The Morgan fingerprint density at radius 2 is 2.04 bits per heavy atom. The van der Waals surface area contributed by atoms with Gasteiger partial charge in [0, 0.05) is 25.5 Å². The Labute approximate surface area is 133 Å². The average Bonchev–Trinajstić information content (AvgIpc) is 2.80. The lowest BCUT2D eigenvalue weighted by molar-refractivity contribution is -0.143. The largest absolute Gasteiger partial charge is 0.481 e. The summed E-state index contributed by atoms with van der Waals surface area (Å²) in [6, 6.07) is 1.83. The van der Waals surface area contributed by atoms with Crippen molar-refractivity contribution in [1.29, 1.82) is 0 Å². The highest BCUT2D eigenvalue weighted by molar-refractivity contribution is 5.99. The number of aliphatic carboxylic acids is 1. The molecule has 3 heterocycles. The maximum Gasteiger partial charge on any atom is 0.308 e. The van der Waals surface area contributed by atoms with Gasteiger partial charge in [-0.3, -0.25) is 14.3 Å². The van der Waals surface area contributed by atoms with Crippen molar-refractivity contribution in [3.8, 4) is 0 Å². The molecule has 122 valence electrons. The van der Waals surface area contributed by atoms with Gasteiger partial charge in [0.2, 0.25) is 0 Å². The van der Waals surface area contributed by atoms with Crippen LogP contribution in [0.15, 0.2) is 6.07 Å². The first-order valence-corrected chi connectivity index (χ1v) is 7.71. The van der Waals surface area contributed by atoms with Crippen molar-refractivity contribution in [2.75, 3.05) is 13.1 Å². The van der Waals surface area contributed by atoms with E-state index in [-0.39, 0.29) is 12.5 Å². The molecule has 0 aliphatic carbocycles. The monoisotopic (exact) mass is 316 g/mol. The molecule has 2 aromatic heterocycles. The zero-order valence-electron chi connectivity index (χ0n) is 13.5. The number of pyridine rings is 1. The van der Waals surface area contributed by atoms with Gasteiger partial charge in [0.05, 0.1) is 22.9 Å². The summed E-state index contributed by atoms with van der Waals surface area (Å²) in [6.45, 7) is 4.53. The van der Waals surface area contributed by atoms with E-state index in [0.717, 1.165) is 16.7 Å². The van der Waals surface area contributed by atoms with Gasteiger partial charge in [0.15, 0.2) is 5.65 Å². The van der Waals surface area contributed by atoms with E-state index in [4.69, 9.17) is 0 Å². The van der Waals surface area contributed by atoms with Gasteiger partial charge >= 0.3 is 5.97 Å². The molecule has 23 heavy (non-hydrogen) atoms. The summed E-state index contributed by atoms with van der Waals surface area (Å²) in [5.41, 5.74) is 2.74. The SMILES string of the molecule is Cc1nc2c(cc1C(=O)N1CCCC(C(=O)O)C1)c(C)nn2C. The summed E-state index contributed by atoms with van der Waals surface area (Å²) < 4.78 is 1.70. The van der Waals surface area contributed by atoms with E-state index in [1.807, 2.05) is 20.0 Å². The van der Waals surface area contributed by atoms with Crippen molar-refractivity contribution in [1.82, 2.24) is 19.7 Å². The number of carbonyl (C=O) groups excluding carboxylic acids is 1. The highest BCUT2D eigenvalue weighted by Crippen LogP contribution is 2.23. The molecule has 3 rings (SSSR count). The molecular weight excluding hydrogens is 296 g/mol. The molecule has 0 aromatic carbocycles. The van der Waals surface area contributed by atoms with Gasteiger partial charge < -0.3 is 10.0 Å². The molecule has 1 atom stereocenters. The molecule has 0 spiro atoms. The predicted octanol–water partition coefficient (Wildman–Crippen LogP) is 1.52. The zero-order valence-corrected chi connectivity index (χ0v) is 13.5. The minimum Gasteiger partial charge on any atom is -0.481 e. The Balaban J connectivity index is 1.96. The molecule has 1 fully saturated rings. The van der Waals surface area contributed by atoms with Crippen molar-refractivity contribution in [2.24, 2.45) is 13.0 Å². The topological polar surface area (TPSA) is 88.3 Å². The van der Waals surface area contributed by atoms with E-state index in [1.165, 1.54) is 0 Å². The number of hydrogen-bond acceptors (Lipinski definition) is 4. The van der Waals surface area contributed by atoms with E-state index in [1.54, 1.807) is 16.5 Å². The van der Waals surface area contributed by atoms with E-state index in [0.29, 0.717) is 30.6 Å². The van der Waals surface area contributed by atoms with Crippen LogP contribution >= 0.6 is 0 Å². The van der Waals surface area contributed by atoms with Gasteiger partial charge in [-0.05, 0) is 32.8 Å². The molecule has 0 saturated carbocycles. The number of rotatable bonds is 2. The molecule has 1 aliphatic heterocycles. The van der Waals surface area contributed by atoms with Gasteiger partial charge in [0.25, 0.3) is 5.91 Å². The van der Waals surface area contributed by atoms with Crippen molar-refractivity contribution in [3.05, 3.63) is 23.0 Å². The molecule has 1 saturated heterocycles. The summed E-state index contributed by atoms with van der Waals surface area (Å²) in [5, 5.41) is 14.4. The Kier molecular flexibility index (Phi) is 3.79. The van der Waals surface area contributed by atoms with E-state index >= 15 is 0 Å². The van der Waals surface area contributed by atoms with Crippen LogP contribution in [0, 0.1) is 19.8 Å². The number of aromatic nitrogens is 3. The molecule has 7 nitrogen and oxygen atoms in total. The molecule has 1 unspecified atom stereocenters. The number of nitrogens with zero attached hydrogens (tertiary/aromatic N) is 4. The average molecular weight is 316 g/mol. The second kappa shape index (κ2) is 5.64. The third-order valence-electron chi connectivity index (χ3n) is 4.48. The fourth-order valence-electron chi connectivity index (χ4n) is 3.18. The van der Waals surface area contributed by atoms with Crippen LogP contribution in [0.1, 0.15) is 34.6 Å². The van der Waals surface area contributed by atoms with Crippen molar-refractivity contribution in [3.63, 3.8) is 0 Å². The Morgan fingerprint density at radius 3 is 2.74 bits per heavy atom. The van der Waals surface area contributed by atoms with Crippen molar-refractivity contribution >= 4 is 22.9 Å². The van der Waals surface area contributed by atoms with Crippen LogP contribution in [0.25, 0.3) is 11.0 Å². The summed E-state index contributed by atoms with van der Waals surface area (Å²) in [7, 11) is 1.82. The summed E-state index contributed by atoms with van der Waals surface area (Å²) in [5.74, 6) is -1.47. The quantitative estimate of drug-likeness (QED) is 0.907. The predicted molar refractivity (Wildman–Crippen MR) is 84.2 cm³/mol. The van der Waals surface area contributed by atoms with Crippen LogP contribution in [0.5, 0.6) is 0 Å². The minimum atomic E-state index is -0.837. The molecule has 2 aromatic rings. The molecular formula is C16H20N4O3. The molecule has 1 N–H and O–H groups in total. The third kappa shape index (κ3) is 2.67. The highest BCUT2D eigenvalue weighted by Gasteiger charge is 2.29. The number of carboxylic acids is 1. The van der Waals surface area contributed by atoms with Crippen LogP contribution in [-0.4, -0.2) is 49.7 Å². The fourth-order valence-corrected chi connectivity index (χ4v) is 3.18. The second-order valence-corrected chi connectivity index (χ2v) is 6.13. The zero-order chi connectivity index (χ0) is 16.7. The van der Waals surface area contributed by atoms with Crippen LogP contribution in [-0.2, 0) is 11.8 Å². The van der Waals surface area contributed by atoms with E-state index in [2.05, 4.69) is 10.1 Å². The number of likely N-dealkylation sites (tertiary alicyclic amines) is 1. The lowest BCUT2D eigenvalue weighted by Crippen LogP contribution is -2.42. The molecule has 1 aliphatic rings. The van der Waals surface area contributed by atoms with Gasteiger partial charge in [0.1, 0.15) is 0 Å². The minimum absolute atomic E-state index is 0.147. The molecule has 0 radical (unpaired) electrons. The lowest BCUT2D eigenvalue weighted by atomic mass is 9.97. The number of carbonyl (C=O) groups is 2. The van der Waals surface area contributed by atoms with Crippen LogP contribution in [0.4, 0.5) is 0 Å². The number of carboxylic acid groups (broad SMARTS) is 1. The van der Waals surface area contributed by atoms with Gasteiger partial charge in [-0.1, -0.05) is 0 Å². The Hall–Kier alpha value is -2.44. The number of aryl methyl sites for hydroxylation is 3. The third-order valence-corrected chi connectivity index (χ3v) is 4.48. The first-order valence-electron chi connectivity index (χ1n) is 7.71. The summed E-state index contributed by atoms with van der Waals surface area (Å²) >= 11 is 0. The highest BCUT2D eigenvalue weighted by atomic mass is 16.4. The number of piperidine rings is 1. The summed E-state index contributed by atoms with van der Waals surface area (Å²) in [4.78, 5) is 30.1. The van der Waals surface area contributed by atoms with Gasteiger partial charge in [-0.2, -0.15) is 5.10 Å². The fraction of sp³-hybridized carbons (Fsp3) is 0.500. The van der Waals surface area contributed by atoms with E-state index < -0.39 is 11.9 Å². The van der Waals surface area contributed by atoms with Crippen molar-refractivity contribution < 1.29 is 14.7 Å². The molecule has 0 bridgehead atoms. The van der Waals surface area contributed by atoms with Crippen molar-refractivity contribution in [2.45, 2.75) is 26.7 Å². The number of hydrogen-bond donors (Lipinski definition) is 1. The second-order valence-electron chi connectivity index (χ2n) is 6.13. The smallest absolute Gasteiger partial charge is 0.308 e. The normalized spacial score (nSPS) is 18.4. The lowest BCUT2D eigenvalue weighted by Gasteiger charge is -2.31. The maximum absolute atomic E-state index is 12.8. The van der Waals surface area contributed by atoms with Crippen LogP contribution < -0.4 is 0 Å². The van der Waals surface area contributed by atoms with E-state index in [9.17, 15) is 14.7 Å². The standard InChI is InChI=1S/C16H20N4O3/c1-9-13(7-12-10(2)18-19(3)14(12)17-9)15(21)20-6-4-5-11(8-20)16(22)23/h7,11H,4-6,8H2,1-3H3,(H,22,23). The van der Waals surface area contributed by atoms with Crippen LogP contribution in [0.3, 0.4) is 0 Å². The number of amides is 1.